The predicted octanol–water partition coefficient (Wildman–Crippen LogP) is 3.04. The summed E-state index contributed by atoms with van der Waals surface area (Å²) in [5, 5.41) is 9.71. The first-order valence-corrected chi connectivity index (χ1v) is 4.70. The Morgan fingerprint density at radius 1 is 1.19 bits per heavy atom. The van der Waals surface area contributed by atoms with E-state index in [1.165, 1.54) is 18.3 Å². The maximum absolute atomic E-state index is 13.5. The fourth-order valence-electron chi connectivity index (χ4n) is 1.43. The van der Waals surface area contributed by atoms with E-state index in [1.54, 1.807) is 13.0 Å². The summed E-state index contributed by atoms with van der Waals surface area (Å²) in [6.45, 7) is 1.66. The highest BCUT2D eigenvalue weighted by Gasteiger charge is 2.14. The summed E-state index contributed by atoms with van der Waals surface area (Å²) in [5.41, 5.74) is 0.576. The van der Waals surface area contributed by atoms with Gasteiger partial charge in [0.1, 0.15) is 11.4 Å². The first kappa shape index (κ1) is 10.5. The molecule has 0 fully saturated rings. The number of aromatic hydroxyl groups is 1. The Bertz CT molecular complexity index is 491. The first-order valence-electron chi connectivity index (χ1n) is 4.70. The molecule has 4 heteroatoms. The van der Waals surface area contributed by atoms with Gasteiger partial charge in [0.05, 0.1) is 0 Å². The minimum absolute atomic E-state index is 0.0406. The van der Waals surface area contributed by atoms with Gasteiger partial charge in [-0.1, -0.05) is 6.07 Å². The molecule has 0 aliphatic carbocycles. The van der Waals surface area contributed by atoms with Crippen molar-refractivity contribution in [3.63, 3.8) is 0 Å². The van der Waals surface area contributed by atoms with Gasteiger partial charge >= 0.3 is 0 Å². The van der Waals surface area contributed by atoms with Crippen LogP contribution in [0.5, 0.6) is 5.75 Å². The zero-order chi connectivity index (χ0) is 11.7. The normalized spacial score (nSPS) is 10.4. The number of halogens is 2. The van der Waals surface area contributed by atoms with E-state index in [0.29, 0.717) is 5.56 Å². The largest absolute Gasteiger partial charge is 0.505 e. The summed E-state index contributed by atoms with van der Waals surface area (Å²) in [4.78, 5) is 3.85. The van der Waals surface area contributed by atoms with Crippen LogP contribution < -0.4 is 0 Å². The van der Waals surface area contributed by atoms with E-state index in [4.69, 9.17) is 0 Å². The highest BCUT2D eigenvalue weighted by molar-refractivity contribution is 5.67. The van der Waals surface area contributed by atoms with Crippen LogP contribution in [0.1, 0.15) is 5.56 Å². The quantitative estimate of drug-likeness (QED) is 0.802. The minimum Gasteiger partial charge on any atom is -0.505 e. The molecule has 2 rings (SSSR count). The maximum Gasteiger partial charge on any atom is 0.168 e. The van der Waals surface area contributed by atoms with Crippen molar-refractivity contribution < 1.29 is 13.9 Å². The van der Waals surface area contributed by atoms with Crippen molar-refractivity contribution in [2.24, 2.45) is 0 Å². The molecule has 0 aliphatic rings. The van der Waals surface area contributed by atoms with Crippen molar-refractivity contribution in [3.8, 4) is 17.0 Å². The Morgan fingerprint density at radius 3 is 2.69 bits per heavy atom. The van der Waals surface area contributed by atoms with E-state index >= 15 is 0 Å². The van der Waals surface area contributed by atoms with Crippen molar-refractivity contribution in [1.82, 2.24) is 4.98 Å². The lowest BCUT2D eigenvalue weighted by molar-refractivity contribution is 0.468. The summed E-state index contributed by atoms with van der Waals surface area (Å²) < 4.78 is 26.5. The van der Waals surface area contributed by atoms with E-state index in [1.807, 2.05) is 0 Å². The van der Waals surface area contributed by atoms with Crippen molar-refractivity contribution in [2.75, 3.05) is 0 Å². The molecular weight excluding hydrogens is 212 g/mol. The molecule has 2 aromatic rings. The van der Waals surface area contributed by atoms with Gasteiger partial charge in [-0.2, -0.15) is 0 Å². The van der Waals surface area contributed by atoms with Gasteiger partial charge in [0.25, 0.3) is 0 Å². The van der Waals surface area contributed by atoms with Crippen LogP contribution in [0, 0.1) is 18.6 Å². The van der Waals surface area contributed by atoms with Crippen LogP contribution in [0.2, 0.25) is 0 Å². The van der Waals surface area contributed by atoms with Crippen LogP contribution in [0.15, 0.2) is 30.5 Å². The summed E-state index contributed by atoms with van der Waals surface area (Å²) in [5.74, 6) is -2.09. The molecule has 0 spiro atoms. The minimum atomic E-state index is -1.00. The summed E-state index contributed by atoms with van der Waals surface area (Å²) in [6.07, 6.45) is 1.44. The molecule has 0 aliphatic heterocycles. The third-order valence-electron chi connectivity index (χ3n) is 2.33. The SMILES string of the molecule is Cc1ccnc(-c2cccc(F)c2F)c1O. The Hall–Kier alpha value is -1.97. The van der Waals surface area contributed by atoms with Gasteiger partial charge < -0.3 is 5.11 Å². The van der Waals surface area contributed by atoms with Crippen molar-refractivity contribution in [2.45, 2.75) is 6.92 Å². The summed E-state index contributed by atoms with van der Waals surface area (Å²) in [7, 11) is 0. The molecule has 0 saturated heterocycles. The summed E-state index contributed by atoms with van der Waals surface area (Å²) in [6, 6.07) is 5.36. The molecule has 1 aromatic heterocycles. The van der Waals surface area contributed by atoms with Crippen LogP contribution in [0.25, 0.3) is 11.3 Å². The molecule has 82 valence electrons. The molecule has 0 amide bonds. The fraction of sp³-hybridized carbons (Fsp3) is 0.0833. The zero-order valence-corrected chi connectivity index (χ0v) is 8.54. The van der Waals surface area contributed by atoms with Crippen LogP contribution >= 0.6 is 0 Å². The number of pyridine rings is 1. The van der Waals surface area contributed by atoms with Gasteiger partial charge in [0.15, 0.2) is 11.6 Å². The van der Waals surface area contributed by atoms with Crippen molar-refractivity contribution in [1.29, 1.82) is 0 Å². The van der Waals surface area contributed by atoms with Crippen molar-refractivity contribution >= 4 is 0 Å². The molecule has 0 saturated carbocycles. The lowest BCUT2D eigenvalue weighted by Gasteiger charge is -2.07. The van der Waals surface area contributed by atoms with Crippen molar-refractivity contribution in [3.05, 3.63) is 47.7 Å². The molecule has 1 aromatic carbocycles. The molecule has 16 heavy (non-hydrogen) atoms. The number of nitrogens with zero attached hydrogens (tertiary/aromatic N) is 1. The number of hydrogen-bond donors (Lipinski definition) is 1. The highest BCUT2D eigenvalue weighted by atomic mass is 19.2. The lowest BCUT2D eigenvalue weighted by Crippen LogP contribution is -1.93. The molecular formula is C12H9F2NO. The lowest BCUT2D eigenvalue weighted by atomic mass is 10.1. The van der Waals surface area contributed by atoms with E-state index in [-0.39, 0.29) is 17.0 Å². The average molecular weight is 221 g/mol. The zero-order valence-electron chi connectivity index (χ0n) is 8.54. The molecule has 0 radical (unpaired) electrons. The van der Waals surface area contributed by atoms with Gasteiger partial charge in [-0.05, 0) is 30.7 Å². The number of rotatable bonds is 1. The van der Waals surface area contributed by atoms with Gasteiger partial charge in [-0.3, -0.25) is 4.98 Å². The average Bonchev–Trinajstić information content (AvgIpc) is 2.27. The highest BCUT2D eigenvalue weighted by Crippen LogP contribution is 2.31. The fourth-order valence-corrected chi connectivity index (χ4v) is 1.43. The van der Waals surface area contributed by atoms with Gasteiger partial charge in [0.2, 0.25) is 0 Å². The second kappa shape index (κ2) is 3.89. The summed E-state index contributed by atoms with van der Waals surface area (Å²) >= 11 is 0. The number of aryl methyl sites for hydroxylation is 1. The van der Waals surface area contributed by atoms with Gasteiger partial charge in [-0.15, -0.1) is 0 Å². The van der Waals surface area contributed by atoms with Gasteiger partial charge in [-0.25, -0.2) is 8.78 Å². The van der Waals surface area contributed by atoms with E-state index in [0.717, 1.165) is 6.07 Å². The molecule has 0 atom stereocenters. The smallest absolute Gasteiger partial charge is 0.168 e. The second-order valence-corrected chi connectivity index (χ2v) is 3.43. The third-order valence-corrected chi connectivity index (χ3v) is 2.33. The molecule has 0 bridgehead atoms. The topological polar surface area (TPSA) is 33.1 Å². The number of benzene rings is 1. The maximum atomic E-state index is 13.5. The van der Waals surface area contributed by atoms with Gasteiger partial charge in [0, 0.05) is 11.8 Å². The van der Waals surface area contributed by atoms with Crippen LogP contribution in [-0.2, 0) is 0 Å². The monoisotopic (exact) mass is 221 g/mol. The third kappa shape index (κ3) is 1.62. The molecule has 1 N–H and O–H groups in total. The van der Waals surface area contributed by atoms with E-state index in [2.05, 4.69) is 4.98 Å². The van der Waals surface area contributed by atoms with E-state index < -0.39 is 11.6 Å². The Morgan fingerprint density at radius 2 is 1.94 bits per heavy atom. The van der Waals surface area contributed by atoms with E-state index in [9.17, 15) is 13.9 Å². The molecule has 0 unspecified atom stereocenters. The van der Waals surface area contributed by atoms with Crippen LogP contribution in [0.4, 0.5) is 8.78 Å². The molecule has 1 heterocycles. The van der Waals surface area contributed by atoms with Crippen LogP contribution in [0.3, 0.4) is 0 Å². The second-order valence-electron chi connectivity index (χ2n) is 3.43. The predicted molar refractivity (Wildman–Crippen MR) is 56.0 cm³/mol. The molecule has 2 nitrogen and oxygen atoms in total. The number of hydrogen-bond acceptors (Lipinski definition) is 2. The number of aromatic nitrogens is 1. The Labute approximate surface area is 91.2 Å². The van der Waals surface area contributed by atoms with Crippen LogP contribution in [-0.4, -0.2) is 10.1 Å². The standard InChI is InChI=1S/C12H9F2NO/c1-7-5-6-15-11(12(7)16)8-3-2-4-9(13)10(8)14/h2-6,16H,1H3. The first-order chi connectivity index (χ1) is 7.61. The Balaban J connectivity index is 2.68. The Kier molecular flexibility index (Phi) is 2.56.